The van der Waals surface area contributed by atoms with E-state index in [1.165, 1.54) is 28.9 Å². The predicted octanol–water partition coefficient (Wildman–Crippen LogP) is 6.22. The number of ether oxygens (including phenoxy) is 2. The molecule has 0 saturated carbocycles. The summed E-state index contributed by atoms with van der Waals surface area (Å²) in [5.41, 5.74) is 7.79. The first-order chi connectivity index (χ1) is 17.6. The summed E-state index contributed by atoms with van der Waals surface area (Å²) < 4.78 is 13.2. The summed E-state index contributed by atoms with van der Waals surface area (Å²) in [4.78, 5) is 12.9. The van der Waals surface area contributed by atoms with Gasteiger partial charge in [-0.1, -0.05) is 49.4 Å². The number of nitrogens with zero attached hydrogens (tertiary/aromatic N) is 1. The number of hydrogen-bond acceptors (Lipinski definition) is 3. The van der Waals surface area contributed by atoms with Gasteiger partial charge in [0, 0.05) is 29.1 Å². The van der Waals surface area contributed by atoms with Crippen molar-refractivity contribution in [2.45, 2.75) is 32.7 Å². The van der Waals surface area contributed by atoms with E-state index in [-0.39, 0.29) is 5.91 Å². The van der Waals surface area contributed by atoms with Gasteiger partial charge in [0.2, 0.25) is 0 Å². The maximum atomic E-state index is 12.9. The summed E-state index contributed by atoms with van der Waals surface area (Å²) in [7, 11) is 3.21. The largest absolute Gasteiger partial charge is 0.493 e. The van der Waals surface area contributed by atoms with Crippen LogP contribution in [0.2, 0.25) is 0 Å². The highest BCUT2D eigenvalue weighted by molar-refractivity contribution is 5.94. The highest BCUT2D eigenvalue weighted by Gasteiger charge is 2.23. The van der Waals surface area contributed by atoms with Crippen LogP contribution in [0.25, 0.3) is 16.9 Å². The minimum Gasteiger partial charge on any atom is -0.493 e. The van der Waals surface area contributed by atoms with Gasteiger partial charge in [0.15, 0.2) is 11.5 Å². The molecule has 0 spiro atoms. The molecular formula is C31H32N2O3. The van der Waals surface area contributed by atoms with Crippen LogP contribution in [-0.4, -0.2) is 24.7 Å². The smallest absolute Gasteiger partial charge is 0.251 e. The van der Waals surface area contributed by atoms with Crippen LogP contribution in [0.1, 0.15) is 40.5 Å². The number of hydrogen-bond donors (Lipinski definition) is 1. The average Bonchev–Trinajstić information content (AvgIpc) is 3.30. The standard InChI is InChI=1S/C31H32N2O3/c1-21-12-17-27-25(18-21)19-28(22-8-5-4-6-9-22)33(27)26-15-13-23(14-16-26)31(34)32-20-24-10-7-11-29(35-2)30(24)36-3/h4-11,13-16,19,21H,12,17-18,20H2,1-3H3,(H,32,34)/t21-/m1/s1. The second kappa shape index (κ2) is 10.3. The highest BCUT2D eigenvalue weighted by Crippen LogP contribution is 2.35. The van der Waals surface area contributed by atoms with E-state index in [1.54, 1.807) is 14.2 Å². The Bertz CT molecular complexity index is 1360. The van der Waals surface area contributed by atoms with E-state index in [4.69, 9.17) is 9.47 Å². The van der Waals surface area contributed by atoms with E-state index in [9.17, 15) is 4.79 Å². The molecule has 3 aromatic carbocycles. The van der Waals surface area contributed by atoms with Crippen molar-refractivity contribution in [2.24, 2.45) is 5.92 Å². The minimum atomic E-state index is -0.127. The van der Waals surface area contributed by atoms with E-state index >= 15 is 0 Å². The van der Waals surface area contributed by atoms with Crippen molar-refractivity contribution in [3.05, 3.63) is 101 Å². The monoisotopic (exact) mass is 480 g/mol. The molecular weight excluding hydrogens is 448 g/mol. The van der Waals surface area contributed by atoms with Gasteiger partial charge in [-0.25, -0.2) is 0 Å². The zero-order valence-corrected chi connectivity index (χ0v) is 21.1. The van der Waals surface area contributed by atoms with Crippen LogP contribution in [0, 0.1) is 5.92 Å². The zero-order valence-electron chi connectivity index (χ0n) is 21.1. The van der Waals surface area contributed by atoms with Gasteiger partial charge in [0.25, 0.3) is 5.91 Å². The third-order valence-electron chi connectivity index (χ3n) is 7.02. The van der Waals surface area contributed by atoms with Gasteiger partial charge in [-0.15, -0.1) is 0 Å². The van der Waals surface area contributed by atoms with Crippen molar-refractivity contribution in [3.63, 3.8) is 0 Å². The van der Waals surface area contributed by atoms with Crippen LogP contribution in [0.5, 0.6) is 11.5 Å². The normalized spacial score (nSPS) is 14.7. The lowest BCUT2D eigenvalue weighted by Gasteiger charge is -2.21. The lowest BCUT2D eigenvalue weighted by Crippen LogP contribution is -2.23. The van der Waals surface area contributed by atoms with Crippen LogP contribution >= 0.6 is 0 Å². The molecule has 1 aliphatic rings. The quantitative estimate of drug-likeness (QED) is 0.342. The number of carbonyl (C=O) groups is 1. The fourth-order valence-electron chi connectivity index (χ4n) is 5.16. The molecule has 1 amide bonds. The third-order valence-corrected chi connectivity index (χ3v) is 7.02. The van der Waals surface area contributed by atoms with E-state index in [0.29, 0.717) is 29.5 Å². The summed E-state index contributed by atoms with van der Waals surface area (Å²) in [6.07, 6.45) is 3.36. The topological polar surface area (TPSA) is 52.5 Å². The number of amides is 1. The van der Waals surface area contributed by atoms with Crippen LogP contribution in [0.15, 0.2) is 78.9 Å². The SMILES string of the molecule is COc1cccc(CNC(=O)c2ccc(-n3c(-c4ccccc4)cc4c3CC[C@@H](C)C4)cc2)c1OC. The molecule has 5 nitrogen and oxygen atoms in total. The van der Waals surface area contributed by atoms with E-state index < -0.39 is 0 Å². The van der Waals surface area contributed by atoms with Crippen LogP contribution in [-0.2, 0) is 19.4 Å². The lowest BCUT2D eigenvalue weighted by molar-refractivity contribution is 0.0950. The van der Waals surface area contributed by atoms with E-state index in [2.05, 4.69) is 47.1 Å². The molecule has 0 radical (unpaired) electrons. The predicted molar refractivity (Wildman–Crippen MR) is 143 cm³/mol. The van der Waals surface area contributed by atoms with Crippen LogP contribution < -0.4 is 14.8 Å². The highest BCUT2D eigenvalue weighted by atomic mass is 16.5. The number of nitrogens with one attached hydrogen (secondary N) is 1. The molecule has 0 bridgehead atoms. The lowest BCUT2D eigenvalue weighted by atomic mass is 9.89. The fourth-order valence-corrected chi connectivity index (χ4v) is 5.16. The van der Waals surface area contributed by atoms with Crippen molar-refractivity contribution >= 4 is 5.91 Å². The summed E-state index contributed by atoms with van der Waals surface area (Å²) in [6.45, 7) is 2.68. The van der Waals surface area contributed by atoms with Gasteiger partial charge in [0.1, 0.15) is 0 Å². The molecule has 0 fully saturated rings. The molecule has 0 saturated heterocycles. The number of carbonyl (C=O) groups excluding carboxylic acids is 1. The Morgan fingerprint density at radius 2 is 1.75 bits per heavy atom. The third kappa shape index (κ3) is 4.61. The van der Waals surface area contributed by atoms with Crippen molar-refractivity contribution in [2.75, 3.05) is 14.2 Å². The number of aromatic nitrogens is 1. The second-order valence-corrected chi connectivity index (χ2v) is 9.43. The maximum Gasteiger partial charge on any atom is 0.251 e. The summed E-state index contributed by atoms with van der Waals surface area (Å²) in [6, 6.07) is 26.4. The van der Waals surface area contributed by atoms with Crippen molar-refractivity contribution in [1.82, 2.24) is 9.88 Å². The first-order valence-corrected chi connectivity index (χ1v) is 12.5. The first-order valence-electron chi connectivity index (χ1n) is 12.5. The maximum absolute atomic E-state index is 12.9. The Kier molecular flexibility index (Phi) is 6.81. The van der Waals surface area contributed by atoms with Crippen molar-refractivity contribution < 1.29 is 14.3 Å². The molecule has 0 aliphatic heterocycles. The average molecular weight is 481 g/mol. The molecule has 0 unspecified atom stereocenters. The van der Waals surface area contributed by atoms with Crippen molar-refractivity contribution in [3.8, 4) is 28.4 Å². The Morgan fingerprint density at radius 3 is 2.47 bits per heavy atom. The van der Waals surface area contributed by atoms with E-state index in [1.807, 2.05) is 48.5 Å². The fraction of sp³-hybridized carbons (Fsp3) is 0.258. The minimum absolute atomic E-state index is 0.127. The van der Waals surface area contributed by atoms with E-state index in [0.717, 1.165) is 24.1 Å². The molecule has 5 rings (SSSR count). The number of rotatable bonds is 7. The van der Waals surface area contributed by atoms with Gasteiger partial charge < -0.3 is 19.4 Å². The van der Waals surface area contributed by atoms with Gasteiger partial charge in [-0.3, -0.25) is 4.79 Å². The van der Waals surface area contributed by atoms with Crippen LogP contribution in [0.4, 0.5) is 0 Å². The number of fused-ring (bicyclic) bond motifs is 1. The van der Waals surface area contributed by atoms with Crippen LogP contribution in [0.3, 0.4) is 0 Å². The Morgan fingerprint density at radius 1 is 0.972 bits per heavy atom. The van der Waals surface area contributed by atoms with Gasteiger partial charge in [-0.05, 0) is 72.7 Å². The first kappa shape index (κ1) is 23.7. The molecule has 1 N–H and O–H groups in total. The van der Waals surface area contributed by atoms with Gasteiger partial charge in [-0.2, -0.15) is 0 Å². The molecule has 36 heavy (non-hydrogen) atoms. The molecule has 1 aliphatic carbocycles. The number of benzene rings is 3. The molecule has 184 valence electrons. The van der Waals surface area contributed by atoms with Gasteiger partial charge >= 0.3 is 0 Å². The summed E-state index contributed by atoms with van der Waals surface area (Å²) in [5.74, 6) is 1.85. The molecule has 1 atom stereocenters. The molecule has 1 aromatic heterocycles. The summed E-state index contributed by atoms with van der Waals surface area (Å²) >= 11 is 0. The van der Waals surface area contributed by atoms with Crippen molar-refractivity contribution in [1.29, 1.82) is 0 Å². The Balaban J connectivity index is 1.40. The Hall–Kier alpha value is -3.99. The number of para-hydroxylation sites is 1. The Labute approximate surface area is 212 Å². The molecule has 4 aromatic rings. The second-order valence-electron chi connectivity index (χ2n) is 9.43. The molecule has 5 heteroatoms. The van der Waals surface area contributed by atoms with Gasteiger partial charge in [0.05, 0.1) is 19.9 Å². The zero-order chi connectivity index (χ0) is 25.1. The number of methoxy groups -OCH3 is 2. The summed E-state index contributed by atoms with van der Waals surface area (Å²) in [5, 5.41) is 3.01. The molecule has 1 heterocycles.